The van der Waals surface area contributed by atoms with Crippen LogP contribution in [-0.2, 0) is 21.2 Å². The molecule has 0 aromatic heterocycles. The number of fused-ring (bicyclic) bond motifs is 1. The van der Waals surface area contributed by atoms with Gasteiger partial charge in [0.1, 0.15) is 5.75 Å². The van der Waals surface area contributed by atoms with Crippen molar-refractivity contribution in [2.24, 2.45) is 5.41 Å². The number of amides is 1. The molecule has 0 spiro atoms. The maximum atomic E-state index is 12.8. The Kier molecular flexibility index (Phi) is 5.63. The van der Waals surface area contributed by atoms with Gasteiger partial charge < -0.3 is 9.64 Å². The number of hydrogen-bond acceptors (Lipinski definition) is 4. The molecular weight excluding hydrogens is 388 g/mol. The maximum Gasteiger partial charge on any atom is 0.261 e. The van der Waals surface area contributed by atoms with Gasteiger partial charge in [0.25, 0.3) is 10.0 Å². The average molecular weight is 417 g/mol. The first kappa shape index (κ1) is 21.2. The third-order valence-electron chi connectivity index (χ3n) is 4.87. The lowest BCUT2D eigenvalue weighted by Gasteiger charge is -2.26. The summed E-state index contributed by atoms with van der Waals surface area (Å²) in [5.41, 5.74) is 2.60. The van der Waals surface area contributed by atoms with Crippen molar-refractivity contribution in [3.8, 4) is 5.75 Å². The fourth-order valence-electron chi connectivity index (χ4n) is 3.40. The fourth-order valence-corrected chi connectivity index (χ4v) is 4.54. The largest absolute Gasteiger partial charge is 0.494 e. The fraction of sp³-hybridized carbons (Fsp3) is 0.409. The number of ether oxygens (including phenoxy) is 1. The van der Waals surface area contributed by atoms with Crippen LogP contribution in [-0.4, -0.2) is 27.5 Å². The summed E-state index contributed by atoms with van der Waals surface area (Å²) in [5.74, 6) is 0.738. The van der Waals surface area contributed by atoms with Crippen LogP contribution in [0.1, 0.15) is 38.8 Å². The summed E-state index contributed by atoms with van der Waals surface area (Å²) in [7, 11) is -3.72. The van der Waals surface area contributed by atoms with Gasteiger partial charge in [-0.3, -0.25) is 9.52 Å². The highest BCUT2D eigenvalue weighted by atomic mass is 32.2. The smallest absolute Gasteiger partial charge is 0.261 e. The Morgan fingerprint density at radius 1 is 1.17 bits per heavy atom. The molecule has 1 amide bonds. The Labute approximate surface area is 172 Å². The molecule has 3 rings (SSSR count). The van der Waals surface area contributed by atoms with E-state index in [1.165, 1.54) is 6.07 Å². The molecule has 0 atom stereocenters. The second-order valence-electron chi connectivity index (χ2n) is 8.27. The van der Waals surface area contributed by atoms with Crippen molar-refractivity contribution in [2.45, 2.75) is 45.9 Å². The second kappa shape index (κ2) is 7.71. The molecule has 0 radical (unpaired) electrons. The number of benzene rings is 2. The zero-order valence-corrected chi connectivity index (χ0v) is 18.4. The van der Waals surface area contributed by atoms with Gasteiger partial charge in [-0.05, 0) is 67.8 Å². The van der Waals surface area contributed by atoms with E-state index in [9.17, 15) is 13.2 Å². The van der Waals surface area contributed by atoms with Crippen molar-refractivity contribution < 1.29 is 17.9 Å². The molecule has 29 heavy (non-hydrogen) atoms. The monoisotopic (exact) mass is 416 g/mol. The predicted molar refractivity (Wildman–Crippen MR) is 115 cm³/mol. The summed E-state index contributed by atoms with van der Waals surface area (Å²) in [6, 6.07) is 10.1. The molecule has 0 saturated carbocycles. The number of aryl methyl sites for hydroxylation is 1. The number of carbonyl (C=O) groups is 1. The van der Waals surface area contributed by atoms with Gasteiger partial charge in [-0.1, -0.05) is 20.8 Å². The molecule has 1 aliphatic heterocycles. The first-order valence-electron chi connectivity index (χ1n) is 9.74. The number of nitrogens with one attached hydrogen (secondary N) is 1. The van der Waals surface area contributed by atoms with Crippen LogP contribution in [0.4, 0.5) is 11.4 Å². The van der Waals surface area contributed by atoms with Crippen LogP contribution in [0.2, 0.25) is 0 Å². The Hall–Kier alpha value is -2.54. The predicted octanol–water partition coefficient (Wildman–Crippen LogP) is 4.13. The van der Waals surface area contributed by atoms with E-state index < -0.39 is 15.4 Å². The van der Waals surface area contributed by atoms with Crippen LogP contribution in [0.25, 0.3) is 0 Å². The van der Waals surface area contributed by atoms with E-state index in [2.05, 4.69) is 4.72 Å². The minimum absolute atomic E-state index is 0.0643. The SMILES string of the molecule is CCOc1ccc(S(=O)(=O)Nc2ccc3c(c2)CCN3C(=O)C(C)(C)C)cc1C. The van der Waals surface area contributed by atoms with Gasteiger partial charge in [-0.25, -0.2) is 8.42 Å². The molecule has 0 bridgehead atoms. The molecule has 0 saturated heterocycles. The first-order chi connectivity index (χ1) is 13.5. The topological polar surface area (TPSA) is 75.7 Å². The molecule has 2 aromatic rings. The molecule has 6 nitrogen and oxygen atoms in total. The summed E-state index contributed by atoms with van der Waals surface area (Å²) in [6.45, 7) is 10.5. The third-order valence-corrected chi connectivity index (χ3v) is 6.25. The Bertz CT molecular complexity index is 1040. The van der Waals surface area contributed by atoms with Gasteiger partial charge in [0, 0.05) is 23.3 Å². The van der Waals surface area contributed by atoms with E-state index in [-0.39, 0.29) is 10.8 Å². The van der Waals surface area contributed by atoms with Crippen LogP contribution in [0.3, 0.4) is 0 Å². The highest BCUT2D eigenvalue weighted by molar-refractivity contribution is 7.92. The summed E-state index contributed by atoms with van der Waals surface area (Å²) in [6.07, 6.45) is 0.703. The third kappa shape index (κ3) is 4.40. The molecule has 1 heterocycles. The zero-order valence-electron chi connectivity index (χ0n) is 17.6. The quantitative estimate of drug-likeness (QED) is 0.795. The van der Waals surface area contributed by atoms with Gasteiger partial charge in [0.05, 0.1) is 11.5 Å². The van der Waals surface area contributed by atoms with Gasteiger partial charge in [0.2, 0.25) is 5.91 Å². The summed E-state index contributed by atoms with van der Waals surface area (Å²) in [5, 5.41) is 0. The number of sulfonamides is 1. The number of anilines is 2. The van der Waals surface area contributed by atoms with Gasteiger partial charge in [-0.2, -0.15) is 0 Å². The number of rotatable bonds is 5. The van der Waals surface area contributed by atoms with E-state index in [0.717, 1.165) is 16.8 Å². The molecular formula is C22H28N2O4S. The van der Waals surface area contributed by atoms with E-state index in [0.29, 0.717) is 31.0 Å². The molecule has 1 N–H and O–H groups in total. The summed E-state index contributed by atoms with van der Waals surface area (Å²) in [4.78, 5) is 14.6. The first-order valence-corrected chi connectivity index (χ1v) is 11.2. The minimum Gasteiger partial charge on any atom is -0.494 e. The molecule has 0 fully saturated rings. The second-order valence-corrected chi connectivity index (χ2v) is 9.95. The number of hydrogen-bond donors (Lipinski definition) is 1. The molecule has 2 aromatic carbocycles. The molecule has 0 aliphatic carbocycles. The van der Waals surface area contributed by atoms with E-state index in [1.54, 1.807) is 23.1 Å². The summed E-state index contributed by atoms with van der Waals surface area (Å²) < 4.78 is 33.7. The van der Waals surface area contributed by atoms with Crippen LogP contribution in [0.5, 0.6) is 5.75 Å². The average Bonchev–Trinajstić information content (AvgIpc) is 3.04. The van der Waals surface area contributed by atoms with Crippen molar-refractivity contribution in [2.75, 3.05) is 22.8 Å². The van der Waals surface area contributed by atoms with Crippen molar-refractivity contribution in [1.29, 1.82) is 0 Å². The number of nitrogens with zero attached hydrogens (tertiary/aromatic N) is 1. The van der Waals surface area contributed by atoms with Crippen LogP contribution in [0, 0.1) is 12.3 Å². The van der Waals surface area contributed by atoms with Crippen LogP contribution in [0.15, 0.2) is 41.3 Å². The Morgan fingerprint density at radius 3 is 2.52 bits per heavy atom. The highest BCUT2D eigenvalue weighted by Crippen LogP contribution is 2.34. The Morgan fingerprint density at radius 2 is 1.90 bits per heavy atom. The van der Waals surface area contributed by atoms with Gasteiger partial charge in [0.15, 0.2) is 0 Å². The molecule has 7 heteroatoms. The van der Waals surface area contributed by atoms with Crippen molar-refractivity contribution in [3.63, 3.8) is 0 Å². The van der Waals surface area contributed by atoms with Gasteiger partial charge >= 0.3 is 0 Å². The van der Waals surface area contributed by atoms with Crippen LogP contribution < -0.4 is 14.4 Å². The van der Waals surface area contributed by atoms with Crippen molar-refractivity contribution >= 4 is 27.3 Å². The standard InChI is InChI=1S/C22H28N2O4S/c1-6-28-20-10-8-18(13-15(20)2)29(26,27)23-17-7-9-19-16(14-17)11-12-24(19)21(25)22(3,4)5/h7-10,13-14,23H,6,11-12H2,1-5H3. The van der Waals surface area contributed by atoms with Crippen LogP contribution >= 0.6 is 0 Å². The maximum absolute atomic E-state index is 12.8. The highest BCUT2D eigenvalue weighted by Gasteiger charge is 2.32. The lowest BCUT2D eigenvalue weighted by molar-refractivity contribution is -0.125. The lowest BCUT2D eigenvalue weighted by Crippen LogP contribution is -2.38. The molecule has 0 unspecified atom stereocenters. The lowest BCUT2D eigenvalue weighted by atomic mass is 9.94. The van der Waals surface area contributed by atoms with Crippen molar-refractivity contribution in [1.82, 2.24) is 0 Å². The molecule has 156 valence electrons. The minimum atomic E-state index is -3.72. The van der Waals surface area contributed by atoms with Crippen molar-refractivity contribution in [3.05, 3.63) is 47.5 Å². The van der Waals surface area contributed by atoms with E-state index in [4.69, 9.17) is 4.74 Å². The van der Waals surface area contributed by atoms with E-state index in [1.807, 2.05) is 46.8 Å². The van der Waals surface area contributed by atoms with Gasteiger partial charge in [-0.15, -0.1) is 0 Å². The normalized spacial score (nSPS) is 13.9. The van der Waals surface area contributed by atoms with E-state index >= 15 is 0 Å². The zero-order chi connectivity index (χ0) is 21.4. The molecule has 1 aliphatic rings. The number of carbonyl (C=O) groups excluding carboxylic acids is 1. The Balaban J connectivity index is 1.83. The summed E-state index contributed by atoms with van der Waals surface area (Å²) >= 11 is 0.